The molecule has 0 amide bonds. The number of esters is 1. The summed E-state index contributed by atoms with van der Waals surface area (Å²) in [6, 6.07) is 15.6. The van der Waals surface area contributed by atoms with Crippen LogP contribution in [0.2, 0.25) is 0 Å². The van der Waals surface area contributed by atoms with E-state index >= 15 is 0 Å². The van der Waals surface area contributed by atoms with E-state index in [1.54, 1.807) is 36.4 Å². The van der Waals surface area contributed by atoms with Crippen LogP contribution in [-0.2, 0) is 4.79 Å². The zero-order valence-electron chi connectivity index (χ0n) is 21.3. The van der Waals surface area contributed by atoms with Crippen LogP contribution in [0.4, 0.5) is 0 Å². The molecule has 0 unspecified atom stereocenters. The van der Waals surface area contributed by atoms with Crippen molar-refractivity contribution in [1.82, 2.24) is 4.98 Å². The van der Waals surface area contributed by atoms with Crippen molar-refractivity contribution in [2.45, 2.75) is 12.3 Å². The Morgan fingerprint density at radius 3 is 2.38 bits per heavy atom. The number of benzene rings is 3. The van der Waals surface area contributed by atoms with Crippen LogP contribution < -0.4 is 29.2 Å². The Bertz CT molecular complexity index is 1770. The molecule has 4 aromatic rings. The molecule has 9 heteroatoms. The van der Waals surface area contributed by atoms with Crippen molar-refractivity contribution in [3.05, 3.63) is 93.0 Å². The Morgan fingerprint density at radius 2 is 1.62 bits per heavy atom. The third-order valence-electron chi connectivity index (χ3n) is 6.96. The number of H-pyrrole nitrogens is 1. The zero-order valence-corrected chi connectivity index (χ0v) is 21.3. The first-order valence-electron chi connectivity index (χ1n) is 12.2. The Labute approximate surface area is 222 Å². The maximum absolute atomic E-state index is 13.4. The summed E-state index contributed by atoms with van der Waals surface area (Å²) in [4.78, 5) is 42.0. The number of aromatic amines is 1. The van der Waals surface area contributed by atoms with Gasteiger partial charge in [0.15, 0.2) is 17.3 Å². The third-order valence-corrected chi connectivity index (χ3v) is 6.96. The van der Waals surface area contributed by atoms with Crippen LogP contribution in [0.3, 0.4) is 0 Å². The van der Waals surface area contributed by atoms with Gasteiger partial charge in [0.2, 0.25) is 5.78 Å². The zero-order chi connectivity index (χ0) is 27.3. The number of Topliss-reactive ketones (excluding diaryl/α,β-unsaturated/α-hetero) is 1. The van der Waals surface area contributed by atoms with Crippen LogP contribution in [0.1, 0.15) is 39.4 Å². The smallest absolute Gasteiger partial charge is 0.312 e. The lowest BCUT2D eigenvalue weighted by molar-refractivity contribution is -0.135. The second-order valence-corrected chi connectivity index (χ2v) is 9.11. The molecule has 0 radical (unpaired) electrons. The van der Waals surface area contributed by atoms with E-state index in [0.717, 1.165) is 5.39 Å². The number of hydrogen-bond acceptors (Lipinski definition) is 8. The van der Waals surface area contributed by atoms with E-state index in [-0.39, 0.29) is 35.0 Å². The first-order chi connectivity index (χ1) is 18.9. The van der Waals surface area contributed by atoms with Gasteiger partial charge in [-0.2, -0.15) is 0 Å². The number of nitrogens with one attached hydrogen (secondary N) is 1. The van der Waals surface area contributed by atoms with Crippen molar-refractivity contribution >= 4 is 28.7 Å². The molecule has 1 aromatic heterocycles. The average molecular weight is 526 g/mol. The van der Waals surface area contributed by atoms with Gasteiger partial charge >= 0.3 is 5.97 Å². The van der Waals surface area contributed by atoms with Crippen LogP contribution in [0.15, 0.2) is 65.2 Å². The molecule has 0 aliphatic carbocycles. The number of carbonyl (C=O) groups excluding carboxylic acids is 2. The number of hydrogen-bond donors (Lipinski definition) is 1. The number of methoxy groups -OCH3 is 3. The Morgan fingerprint density at radius 1 is 0.872 bits per heavy atom. The number of ether oxygens (including phenoxy) is 5. The van der Waals surface area contributed by atoms with E-state index in [9.17, 15) is 14.4 Å². The van der Waals surface area contributed by atoms with Crippen molar-refractivity contribution in [3.8, 4) is 28.7 Å². The van der Waals surface area contributed by atoms with Gasteiger partial charge in [-0.05, 0) is 41.8 Å². The third kappa shape index (κ3) is 3.99. The van der Waals surface area contributed by atoms with Crippen molar-refractivity contribution in [2.24, 2.45) is 0 Å². The molecule has 6 rings (SSSR count). The number of rotatable bonds is 5. The lowest BCUT2D eigenvalue weighted by Crippen LogP contribution is -2.26. The molecule has 0 spiro atoms. The maximum Gasteiger partial charge on any atom is 0.312 e. The summed E-state index contributed by atoms with van der Waals surface area (Å²) in [5.41, 5.74) is 2.06. The molecule has 0 saturated carbocycles. The normalized spacial score (nSPS) is 16.9. The van der Waals surface area contributed by atoms with E-state index < -0.39 is 11.9 Å². The monoisotopic (exact) mass is 525 g/mol. The number of para-hydroxylation sites is 1. The molecule has 0 bridgehead atoms. The second-order valence-electron chi connectivity index (χ2n) is 9.11. The predicted octanol–water partition coefficient (Wildman–Crippen LogP) is 4.61. The summed E-state index contributed by atoms with van der Waals surface area (Å²) in [6.45, 7) is 0. The minimum Gasteiger partial charge on any atom is -0.496 e. The number of allylic oxidation sites excluding steroid dienone is 1. The van der Waals surface area contributed by atoms with Crippen LogP contribution in [-0.4, -0.2) is 38.1 Å². The van der Waals surface area contributed by atoms with Gasteiger partial charge in [0.05, 0.1) is 33.3 Å². The molecule has 3 aromatic carbocycles. The summed E-state index contributed by atoms with van der Waals surface area (Å²) < 4.78 is 27.9. The summed E-state index contributed by atoms with van der Waals surface area (Å²) in [6.07, 6.45) is 1.48. The lowest BCUT2D eigenvalue weighted by atomic mass is 9.85. The first-order valence-corrected chi connectivity index (χ1v) is 12.2. The highest BCUT2D eigenvalue weighted by Crippen LogP contribution is 2.49. The fraction of sp³-hybridized carbons (Fsp3) is 0.167. The molecular formula is C30H23NO8. The molecule has 2 aliphatic heterocycles. The van der Waals surface area contributed by atoms with Gasteiger partial charge in [-0.25, -0.2) is 0 Å². The molecule has 3 heterocycles. The predicted molar refractivity (Wildman–Crippen MR) is 142 cm³/mol. The Balaban J connectivity index is 1.48. The summed E-state index contributed by atoms with van der Waals surface area (Å²) >= 11 is 0. The van der Waals surface area contributed by atoms with Crippen molar-refractivity contribution < 1.29 is 33.3 Å². The van der Waals surface area contributed by atoms with Crippen molar-refractivity contribution in [3.63, 3.8) is 0 Å². The van der Waals surface area contributed by atoms with Gasteiger partial charge in [-0.1, -0.05) is 18.2 Å². The van der Waals surface area contributed by atoms with Crippen LogP contribution >= 0.6 is 0 Å². The Hall–Kier alpha value is -5.05. The molecule has 196 valence electrons. The molecule has 9 nitrogen and oxygen atoms in total. The highest BCUT2D eigenvalue weighted by Gasteiger charge is 2.39. The summed E-state index contributed by atoms with van der Waals surface area (Å²) in [5, 5.41) is 0.818. The van der Waals surface area contributed by atoms with E-state index in [4.69, 9.17) is 23.7 Å². The molecule has 0 fully saturated rings. The highest BCUT2D eigenvalue weighted by atomic mass is 16.5. The number of aromatic nitrogens is 1. The van der Waals surface area contributed by atoms with Crippen LogP contribution in [0, 0.1) is 0 Å². The van der Waals surface area contributed by atoms with Crippen LogP contribution in [0.5, 0.6) is 28.7 Å². The van der Waals surface area contributed by atoms with E-state index in [1.165, 1.54) is 21.3 Å². The van der Waals surface area contributed by atoms with Gasteiger partial charge in [0, 0.05) is 34.2 Å². The quantitative estimate of drug-likeness (QED) is 0.228. The molecule has 39 heavy (non-hydrogen) atoms. The van der Waals surface area contributed by atoms with Gasteiger partial charge in [0.25, 0.3) is 5.56 Å². The van der Waals surface area contributed by atoms with E-state index in [1.807, 2.05) is 24.3 Å². The van der Waals surface area contributed by atoms with Gasteiger partial charge < -0.3 is 28.7 Å². The SMILES string of the molecule is COc1cc(OC)c(OC)cc1/C=C1\Oc2c(ccc3c2[C@@H](c2cc4ccccc4[nH]c2=O)CC(=O)O3)C1=O. The van der Waals surface area contributed by atoms with Crippen molar-refractivity contribution in [2.75, 3.05) is 21.3 Å². The minimum absolute atomic E-state index is 0.0481. The van der Waals surface area contributed by atoms with Crippen LogP contribution in [0.25, 0.3) is 17.0 Å². The lowest BCUT2D eigenvalue weighted by Gasteiger charge is -2.26. The number of fused-ring (bicyclic) bond motifs is 4. The standard InChI is InChI=1S/C30H23NO8/c1-35-22-14-24(37-3)23(36-2)11-16(22)12-25-28(33)17-8-9-21-27(29(17)39-25)18(13-26(32)38-21)19-10-15-6-4-5-7-20(15)31-30(19)34/h4-12,14,18H,13H2,1-3H3,(H,31,34)/b25-12-/t18-/m1/s1. The molecular weight excluding hydrogens is 502 g/mol. The fourth-order valence-corrected chi connectivity index (χ4v) is 5.10. The minimum atomic E-state index is -0.674. The summed E-state index contributed by atoms with van der Waals surface area (Å²) in [7, 11) is 4.53. The second kappa shape index (κ2) is 9.36. The van der Waals surface area contributed by atoms with Crippen molar-refractivity contribution in [1.29, 1.82) is 0 Å². The number of pyridine rings is 1. The van der Waals surface area contributed by atoms with Gasteiger partial charge in [-0.15, -0.1) is 0 Å². The van der Waals surface area contributed by atoms with E-state index in [2.05, 4.69) is 4.98 Å². The van der Waals surface area contributed by atoms with E-state index in [0.29, 0.717) is 45.0 Å². The highest BCUT2D eigenvalue weighted by molar-refractivity contribution is 6.15. The summed E-state index contributed by atoms with van der Waals surface area (Å²) in [5.74, 6) is 0.422. The number of ketones is 1. The molecule has 0 saturated heterocycles. The molecule has 2 aliphatic rings. The topological polar surface area (TPSA) is 113 Å². The maximum atomic E-state index is 13.4. The fourth-order valence-electron chi connectivity index (χ4n) is 5.10. The average Bonchev–Trinajstić information content (AvgIpc) is 3.26. The Kier molecular flexibility index (Phi) is 5.83. The molecule has 1 N–H and O–H groups in total. The largest absolute Gasteiger partial charge is 0.496 e. The first kappa shape index (κ1) is 24.3. The van der Waals surface area contributed by atoms with Gasteiger partial charge in [0.1, 0.15) is 17.2 Å². The molecule has 1 atom stereocenters. The number of carbonyl (C=O) groups is 2. The van der Waals surface area contributed by atoms with Gasteiger partial charge in [-0.3, -0.25) is 14.4 Å².